The zero-order valence-corrected chi connectivity index (χ0v) is 10.2. The summed E-state index contributed by atoms with van der Waals surface area (Å²) in [6.45, 7) is 3.10. The summed E-state index contributed by atoms with van der Waals surface area (Å²) < 4.78 is 5.49. The van der Waals surface area contributed by atoms with Crippen LogP contribution < -0.4 is 15.4 Å². The number of ether oxygens (including phenoxy) is 1. The van der Waals surface area contributed by atoms with Gasteiger partial charge in [-0.2, -0.15) is 0 Å². The molecular weight excluding hydrogens is 216 g/mol. The van der Waals surface area contributed by atoms with Crippen molar-refractivity contribution in [1.29, 1.82) is 0 Å². The van der Waals surface area contributed by atoms with Gasteiger partial charge in [-0.1, -0.05) is 18.2 Å². The fraction of sp³-hybridized carbons (Fsp3) is 0.462. The Bertz CT molecular complexity index is 406. The third kappa shape index (κ3) is 2.58. The highest BCUT2D eigenvalue weighted by Crippen LogP contribution is 2.33. The predicted octanol–water partition coefficient (Wildman–Crippen LogP) is 0.887. The number of likely N-dealkylation sites (N-methyl/N-ethyl adjacent to an activating group) is 1. The molecule has 2 N–H and O–H groups in total. The standard InChI is InChI=1S/C13H18N2O2/c1-9(14-2)7-15-13(16)11-8-17-12-6-4-3-5-10(11)12/h3-6,9,11,14H,7-8H2,1-2H3,(H,15,16). The van der Waals surface area contributed by atoms with E-state index in [9.17, 15) is 4.79 Å². The average Bonchev–Trinajstić information content (AvgIpc) is 2.79. The number of para-hydroxylation sites is 1. The van der Waals surface area contributed by atoms with Crippen molar-refractivity contribution in [3.63, 3.8) is 0 Å². The van der Waals surface area contributed by atoms with Crippen LogP contribution in [0.15, 0.2) is 24.3 Å². The predicted molar refractivity (Wildman–Crippen MR) is 66.2 cm³/mol. The first kappa shape index (κ1) is 11.9. The molecule has 0 aliphatic carbocycles. The first-order valence-corrected chi connectivity index (χ1v) is 5.89. The van der Waals surface area contributed by atoms with Crippen molar-refractivity contribution in [2.75, 3.05) is 20.2 Å². The van der Waals surface area contributed by atoms with Gasteiger partial charge in [-0.25, -0.2) is 0 Å². The van der Waals surface area contributed by atoms with Crippen LogP contribution in [0, 0.1) is 0 Å². The van der Waals surface area contributed by atoms with E-state index in [2.05, 4.69) is 10.6 Å². The number of hydrogen-bond donors (Lipinski definition) is 2. The van der Waals surface area contributed by atoms with Gasteiger partial charge in [0.15, 0.2) is 0 Å². The number of hydrogen-bond acceptors (Lipinski definition) is 3. The maximum absolute atomic E-state index is 12.0. The molecule has 0 saturated carbocycles. The first-order chi connectivity index (χ1) is 8.22. The Balaban J connectivity index is 1.98. The van der Waals surface area contributed by atoms with Gasteiger partial charge >= 0.3 is 0 Å². The second kappa shape index (κ2) is 5.19. The lowest BCUT2D eigenvalue weighted by Gasteiger charge is -2.14. The summed E-state index contributed by atoms with van der Waals surface area (Å²) in [4.78, 5) is 12.0. The topological polar surface area (TPSA) is 50.4 Å². The van der Waals surface area contributed by atoms with E-state index in [1.54, 1.807) is 0 Å². The number of amides is 1. The summed E-state index contributed by atoms with van der Waals surface area (Å²) in [6, 6.07) is 7.98. The van der Waals surface area contributed by atoms with Crippen molar-refractivity contribution in [3.8, 4) is 5.75 Å². The molecule has 1 aliphatic heterocycles. The van der Waals surface area contributed by atoms with Crippen LogP contribution in [0.3, 0.4) is 0 Å². The van der Waals surface area contributed by atoms with Gasteiger partial charge in [0.1, 0.15) is 18.3 Å². The van der Waals surface area contributed by atoms with Crippen LogP contribution in [-0.2, 0) is 4.79 Å². The molecule has 4 heteroatoms. The summed E-state index contributed by atoms with van der Waals surface area (Å²) in [7, 11) is 1.88. The van der Waals surface area contributed by atoms with Crippen molar-refractivity contribution in [2.24, 2.45) is 0 Å². The average molecular weight is 234 g/mol. The molecule has 2 atom stereocenters. The fourth-order valence-corrected chi connectivity index (χ4v) is 1.86. The van der Waals surface area contributed by atoms with Gasteiger partial charge in [0.05, 0.1) is 0 Å². The van der Waals surface area contributed by atoms with Crippen LogP contribution in [0.4, 0.5) is 0 Å². The third-order valence-electron chi connectivity index (χ3n) is 3.09. The van der Waals surface area contributed by atoms with E-state index in [0.717, 1.165) is 11.3 Å². The highest BCUT2D eigenvalue weighted by molar-refractivity contribution is 5.85. The molecule has 1 amide bonds. The number of rotatable bonds is 4. The van der Waals surface area contributed by atoms with Crippen molar-refractivity contribution in [3.05, 3.63) is 29.8 Å². The number of fused-ring (bicyclic) bond motifs is 1. The molecule has 2 unspecified atom stereocenters. The molecule has 4 nitrogen and oxygen atoms in total. The van der Waals surface area contributed by atoms with Crippen LogP contribution in [0.25, 0.3) is 0 Å². The lowest BCUT2D eigenvalue weighted by atomic mass is 10.0. The monoisotopic (exact) mass is 234 g/mol. The number of benzene rings is 1. The van der Waals surface area contributed by atoms with E-state index in [1.165, 1.54) is 0 Å². The first-order valence-electron chi connectivity index (χ1n) is 5.89. The molecular formula is C13H18N2O2. The van der Waals surface area contributed by atoms with Gasteiger partial charge in [0.2, 0.25) is 5.91 Å². The molecule has 92 valence electrons. The minimum atomic E-state index is -0.171. The van der Waals surface area contributed by atoms with Crippen molar-refractivity contribution >= 4 is 5.91 Å². The highest BCUT2D eigenvalue weighted by atomic mass is 16.5. The normalized spacial score (nSPS) is 19.3. The van der Waals surface area contributed by atoms with Gasteiger partial charge in [-0.05, 0) is 20.0 Å². The van der Waals surface area contributed by atoms with Crippen LogP contribution >= 0.6 is 0 Å². The SMILES string of the molecule is CNC(C)CNC(=O)C1COc2ccccc21. The molecule has 1 heterocycles. The number of carbonyl (C=O) groups excluding carboxylic acids is 1. The van der Waals surface area contributed by atoms with E-state index in [1.807, 2.05) is 38.2 Å². The number of carbonyl (C=O) groups is 1. The Kier molecular flexibility index (Phi) is 3.64. The fourth-order valence-electron chi connectivity index (χ4n) is 1.86. The molecule has 0 saturated heterocycles. The van der Waals surface area contributed by atoms with E-state index >= 15 is 0 Å². The van der Waals surface area contributed by atoms with Gasteiger partial charge in [-0.3, -0.25) is 4.79 Å². The van der Waals surface area contributed by atoms with Crippen LogP contribution in [0.1, 0.15) is 18.4 Å². The second-order valence-corrected chi connectivity index (χ2v) is 4.34. The molecule has 1 aromatic carbocycles. The Labute approximate surface area is 101 Å². The Morgan fingerprint density at radius 3 is 3.06 bits per heavy atom. The largest absolute Gasteiger partial charge is 0.492 e. The number of nitrogens with one attached hydrogen (secondary N) is 2. The molecule has 0 fully saturated rings. The van der Waals surface area contributed by atoms with Crippen molar-refractivity contribution < 1.29 is 9.53 Å². The molecule has 0 spiro atoms. The molecule has 0 bridgehead atoms. The lowest BCUT2D eigenvalue weighted by molar-refractivity contribution is -0.122. The molecule has 1 aromatic rings. The van der Waals surface area contributed by atoms with Gasteiger partial charge in [0, 0.05) is 18.2 Å². The summed E-state index contributed by atoms with van der Waals surface area (Å²) in [5.41, 5.74) is 0.988. The van der Waals surface area contributed by atoms with Crippen molar-refractivity contribution in [2.45, 2.75) is 18.9 Å². The van der Waals surface area contributed by atoms with Crippen LogP contribution in [0.5, 0.6) is 5.75 Å². The van der Waals surface area contributed by atoms with Gasteiger partial charge in [0.25, 0.3) is 0 Å². The molecule has 17 heavy (non-hydrogen) atoms. The van der Waals surface area contributed by atoms with Gasteiger partial charge in [-0.15, -0.1) is 0 Å². The Morgan fingerprint density at radius 1 is 1.53 bits per heavy atom. The van der Waals surface area contributed by atoms with Crippen LogP contribution in [-0.4, -0.2) is 32.1 Å². The van der Waals surface area contributed by atoms with E-state index in [4.69, 9.17) is 4.74 Å². The summed E-state index contributed by atoms with van der Waals surface area (Å²) >= 11 is 0. The van der Waals surface area contributed by atoms with Crippen LogP contribution in [0.2, 0.25) is 0 Å². The maximum Gasteiger partial charge on any atom is 0.231 e. The van der Waals surface area contributed by atoms with E-state index < -0.39 is 0 Å². The molecule has 1 aliphatic rings. The zero-order chi connectivity index (χ0) is 12.3. The third-order valence-corrected chi connectivity index (χ3v) is 3.09. The molecule has 0 radical (unpaired) electrons. The lowest BCUT2D eigenvalue weighted by Crippen LogP contribution is -2.39. The highest BCUT2D eigenvalue weighted by Gasteiger charge is 2.29. The molecule has 0 aromatic heterocycles. The van der Waals surface area contributed by atoms with Gasteiger partial charge < -0.3 is 15.4 Å². The Hall–Kier alpha value is -1.55. The second-order valence-electron chi connectivity index (χ2n) is 4.34. The Morgan fingerprint density at radius 2 is 2.29 bits per heavy atom. The van der Waals surface area contributed by atoms with E-state index in [-0.39, 0.29) is 17.9 Å². The van der Waals surface area contributed by atoms with E-state index in [0.29, 0.717) is 13.2 Å². The summed E-state index contributed by atoms with van der Waals surface area (Å²) in [5.74, 6) is 0.696. The smallest absolute Gasteiger partial charge is 0.231 e. The maximum atomic E-state index is 12.0. The minimum Gasteiger partial charge on any atom is -0.492 e. The van der Waals surface area contributed by atoms with Crippen molar-refractivity contribution in [1.82, 2.24) is 10.6 Å². The quantitative estimate of drug-likeness (QED) is 0.813. The summed E-state index contributed by atoms with van der Waals surface area (Å²) in [5, 5.41) is 6.02. The summed E-state index contributed by atoms with van der Waals surface area (Å²) in [6.07, 6.45) is 0. The minimum absolute atomic E-state index is 0.0389. The molecule has 2 rings (SSSR count). The zero-order valence-electron chi connectivity index (χ0n) is 10.2.